The number of hydrogen-bond acceptors (Lipinski definition) is 3. The lowest BCUT2D eigenvalue weighted by molar-refractivity contribution is 0.592. The van der Waals surface area contributed by atoms with Crippen LogP contribution < -0.4 is 5.43 Å². The fourth-order valence-electron chi connectivity index (χ4n) is 2.99. The van der Waals surface area contributed by atoms with Crippen LogP contribution in [0.1, 0.15) is 25.8 Å². The van der Waals surface area contributed by atoms with E-state index in [4.69, 9.17) is 11.6 Å². The Balaban J connectivity index is 2.29. The zero-order valence-corrected chi connectivity index (χ0v) is 16.3. The Morgan fingerprint density at radius 2 is 1.73 bits per heavy atom. The molecule has 26 heavy (non-hydrogen) atoms. The quantitative estimate of drug-likeness (QED) is 0.647. The second kappa shape index (κ2) is 7.25. The number of benzene rings is 2. The molecule has 0 bridgehead atoms. The fourth-order valence-corrected chi connectivity index (χ4v) is 4.53. The first-order chi connectivity index (χ1) is 12.4. The van der Waals surface area contributed by atoms with Gasteiger partial charge in [-0.3, -0.25) is 4.79 Å². The van der Waals surface area contributed by atoms with Gasteiger partial charge in [0.25, 0.3) is 0 Å². The Kier molecular flexibility index (Phi) is 5.21. The number of fused-ring (bicyclic) bond motifs is 1. The van der Waals surface area contributed by atoms with Crippen molar-refractivity contribution in [3.63, 3.8) is 0 Å². The molecular formula is C20H20ClNO3S. The summed E-state index contributed by atoms with van der Waals surface area (Å²) in [6.07, 6.45) is 3.08. The molecule has 1 heterocycles. The van der Waals surface area contributed by atoms with Crippen molar-refractivity contribution in [2.75, 3.05) is 0 Å². The third kappa shape index (κ3) is 3.29. The monoisotopic (exact) mass is 389 g/mol. The van der Waals surface area contributed by atoms with Gasteiger partial charge in [-0.15, -0.1) is 0 Å². The molecule has 3 rings (SSSR count). The average molecular weight is 390 g/mol. The van der Waals surface area contributed by atoms with Crippen LogP contribution in [0, 0.1) is 0 Å². The van der Waals surface area contributed by atoms with Gasteiger partial charge in [0.2, 0.25) is 15.3 Å². The molecule has 0 radical (unpaired) electrons. The van der Waals surface area contributed by atoms with E-state index in [9.17, 15) is 13.2 Å². The summed E-state index contributed by atoms with van der Waals surface area (Å²) in [4.78, 5) is 12.8. The topological polar surface area (TPSA) is 56.1 Å². The van der Waals surface area contributed by atoms with Gasteiger partial charge in [-0.25, -0.2) is 8.42 Å². The van der Waals surface area contributed by atoms with Crippen LogP contribution in [-0.2, 0) is 22.8 Å². The number of pyridine rings is 1. The summed E-state index contributed by atoms with van der Waals surface area (Å²) in [5, 5.41) is 0.719. The highest BCUT2D eigenvalue weighted by Crippen LogP contribution is 2.23. The Labute approximate surface area is 158 Å². The smallest absolute Gasteiger partial charge is 0.211 e. The van der Waals surface area contributed by atoms with E-state index in [0.29, 0.717) is 22.5 Å². The van der Waals surface area contributed by atoms with Crippen LogP contribution in [0.15, 0.2) is 63.2 Å². The third-order valence-electron chi connectivity index (χ3n) is 4.41. The minimum absolute atomic E-state index is 0.122. The van der Waals surface area contributed by atoms with Crippen molar-refractivity contribution >= 4 is 32.3 Å². The van der Waals surface area contributed by atoms with E-state index in [2.05, 4.69) is 0 Å². The zero-order valence-electron chi connectivity index (χ0n) is 14.7. The molecule has 0 atom stereocenters. The Bertz CT molecular complexity index is 1120. The van der Waals surface area contributed by atoms with Crippen LogP contribution in [0.3, 0.4) is 0 Å². The van der Waals surface area contributed by atoms with Gasteiger partial charge in [-0.2, -0.15) is 0 Å². The van der Waals surface area contributed by atoms with E-state index < -0.39 is 15.3 Å². The molecule has 0 fully saturated rings. The first-order valence-electron chi connectivity index (χ1n) is 8.55. The van der Waals surface area contributed by atoms with Crippen molar-refractivity contribution in [1.82, 2.24) is 4.57 Å². The van der Waals surface area contributed by atoms with Crippen LogP contribution in [0.5, 0.6) is 0 Å². The zero-order chi connectivity index (χ0) is 18.9. The van der Waals surface area contributed by atoms with E-state index >= 15 is 0 Å². The molecule has 0 saturated heterocycles. The van der Waals surface area contributed by atoms with Crippen molar-refractivity contribution in [2.45, 2.75) is 43.0 Å². The number of hydrogen-bond donors (Lipinski definition) is 0. The van der Waals surface area contributed by atoms with Crippen LogP contribution in [0.2, 0.25) is 5.02 Å². The maximum absolute atomic E-state index is 13.1. The number of nitrogens with zero attached hydrogens (tertiary/aromatic N) is 1. The minimum Gasteiger partial charge on any atom is -0.346 e. The van der Waals surface area contributed by atoms with E-state index in [-0.39, 0.29) is 9.79 Å². The summed E-state index contributed by atoms with van der Waals surface area (Å²) in [5.74, 6) is 0. The van der Waals surface area contributed by atoms with Gasteiger partial charge >= 0.3 is 0 Å². The van der Waals surface area contributed by atoms with Crippen LogP contribution >= 0.6 is 11.6 Å². The first kappa shape index (κ1) is 18.7. The SMILES string of the molecule is CCCn1cc(S(=O)(=O)c2ccc(CC)cc2)c(=O)c2cc(Cl)ccc21. The fraction of sp³-hybridized carbons (Fsp3) is 0.250. The van der Waals surface area contributed by atoms with E-state index in [1.807, 2.05) is 13.8 Å². The van der Waals surface area contributed by atoms with Crippen LogP contribution in [0.25, 0.3) is 10.9 Å². The lowest BCUT2D eigenvalue weighted by atomic mass is 10.2. The molecule has 0 aliphatic rings. The van der Waals surface area contributed by atoms with Gasteiger partial charge in [0.1, 0.15) is 4.90 Å². The Hall–Kier alpha value is -2.11. The lowest BCUT2D eigenvalue weighted by Gasteiger charge is -2.13. The third-order valence-corrected chi connectivity index (χ3v) is 6.40. The Morgan fingerprint density at radius 1 is 1.04 bits per heavy atom. The Morgan fingerprint density at radius 3 is 2.35 bits per heavy atom. The molecule has 6 heteroatoms. The van der Waals surface area contributed by atoms with Gasteiger partial charge < -0.3 is 4.57 Å². The molecule has 0 aliphatic carbocycles. The summed E-state index contributed by atoms with van der Waals surface area (Å²) in [6.45, 7) is 4.60. The highest BCUT2D eigenvalue weighted by Gasteiger charge is 2.23. The molecule has 0 amide bonds. The van der Waals surface area contributed by atoms with Crippen molar-refractivity contribution < 1.29 is 8.42 Å². The first-order valence-corrected chi connectivity index (χ1v) is 10.4. The van der Waals surface area contributed by atoms with Gasteiger partial charge in [0.15, 0.2) is 0 Å². The van der Waals surface area contributed by atoms with Crippen LogP contribution in [0.4, 0.5) is 0 Å². The van der Waals surface area contributed by atoms with E-state index in [1.165, 1.54) is 12.3 Å². The van der Waals surface area contributed by atoms with Gasteiger partial charge in [0, 0.05) is 23.2 Å². The predicted octanol–water partition coefficient (Wildman–Crippen LogP) is 4.46. The lowest BCUT2D eigenvalue weighted by Crippen LogP contribution is -2.19. The predicted molar refractivity (Wildman–Crippen MR) is 105 cm³/mol. The molecule has 2 aromatic carbocycles. The van der Waals surface area contributed by atoms with Gasteiger partial charge in [-0.05, 0) is 48.7 Å². The maximum Gasteiger partial charge on any atom is 0.211 e. The molecule has 0 spiro atoms. The second-order valence-electron chi connectivity index (χ2n) is 6.18. The van der Waals surface area contributed by atoms with Gasteiger partial charge in [-0.1, -0.05) is 37.6 Å². The van der Waals surface area contributed by atoms with Crippen molar-refractivity contribution in [2.24, 2.45) is 0 Å². The molecule has 1 aromatic heterocycles. The molecule has 4 nitrogen and oxygen atoms in total. The number of rotatable bonds is 5. The highest BCUT2D eigenvalue weighted by atomic mass is 35.5. The maximum atomic E-state index is 13.1. The summed E-state index contributed by atoms with van der Waals surface area (Å²) in [6, 6.07) is 11.6. The van der Waals surface area contributed by atoms with Crippen molar-refractivity contribution in [3.05, 3.63) is 69.5 Å². The molecule has 3 aromatic rings. The van der Waals surface area contributed by atoms with Gasteiger partial charge in [0.05, 0.1) is 10.4 Å². The molecule has 0 N–H and O–H groups in total. The molecular weight excluding hydrogens is 370 g/mol. The second-order valence-corrected chi connectivity index (χ2v) is 8.53. The normalized spacial score (nSPS) is 11.8. The number of aromatic nitrogens is 1. The largest absolute Gasteiger partial charge is 0.346 e. The standard InChI is InChI=1S/C20H20ClNO3S/c1-3-11-22-13-19(20(23)17-12-15(21)7-10-18(17)22)26(24,25)16-8-5-14(4-2)6-9-16/h5-10,12-13H,3-4,11H2,1-2H3. The number of aryl methyl sites for hydroxylation is 2. The summed E-state index contributed by atoms with van der Waals surface area (Å²) in [7, 11) is -3.92. The van der Waals surface area contributed by atoms with E-state index in [0.717, 1.165) is 18.4 Å². The summed E-state index contributed by atoms with van der Waals surface area (Å²) >= 11 is 6.04. The molecule has 0 unspecified atom stereocenters. The highest BCUT2D eigenvalue weighted by molar-refractivity contribution is 7.91. The number of halogens is 1. The molecule has 0 aliphatic heterocycles. The minimum atomic E-state index is -3.92. The molecule has 136 valence electrons. The summed E-state index contributed by atoms with van der Waals surface area (Å²) in [5.41, 5.74) is 1.20. The van der Waals surface area contributed by atoms with Crippen LogP contribution in [-0.4, -0.2) is 13.0 Å². The molecule has 0 saturated carbocycles. The summed E-state index contributed by atoms with van der Waals surface area (Å²) < 4.78 is 28.0. The number of sulfone groups is 1. The van der Waals surface area contributed by atoms with Crippen molar-refractivity contribution in [3.8, 4) is 0 Å². The van der Waals surface area contributed by atoms with Crippen molar-refractivity contribution in [1.29, 1.82) is 0 Å². The average Bonchev–Trinajstić information content (AvgIpc) is 2.64. The van der Waals surface area contributed by atoms with E-state index in [1.54, 1.807) is 41.0 Å².